The van der Waals surface area contributed by atoms with Gasteiger partial charge in [0.05, 0.1) is 13.2 Å². The lowest BCUT2D eigenvalue weighted by atomic mass is 9.82. The van der Waals surface area contributed by atoms with E-state index in [2.05, 4.69) is 9.88 Å². The minimum absolute atomic E-state index is 0.0450. The lowest BCUT2D eigenvalue weighted by Gasteiger charge is -2.28. The fraction of sp³-hybridized carbons (Fsp3) is 0.750. The maximum Gasteiger partial charge on any atom is 0.248 e. The Bertz CT molecular complexity index is 505. The van der Waals surface area contributed by atoms with E-state index in [4.69, 9.17) is 4.74 Å². The first kappa shape index (κ1) is 15.9. The topological polar surface area (TPSA) is 45.7 Å². The quantitative estimate of drug-likeness (QED) is 0.801. The first-order chi connectivity index (χ1) is 10.6. The molecule has 2 fully saturated rings. The Morgan fingerprint density at radius 3 is 3.18 bits per heavy atom. The fourth-order valence-corrected chi connectivity index (χ4v) is 4.53. The van der Waals surface area contributed by atoms with Gasteiger partial charge in [-0.1, -0.05) is 6.42 Å². The van der Waals surface area contributed by atoms with E-state index < -0.39 is 0 Å². The molecule has 3 rings (SSSR count). The predicted molar refractivity (Wildman–Crippen MR) is 86.7 cm³/mol. The third-order valence-corrected chi connectivity index (χ3v) is 5.83. The number of thiazole rings is 1. The second-order valence-electron chi connectivity index (χ2n) is 6.83. The molecule has 0 spiro atoms. The summed E-state index contributed by atoms with van der Waals surface area (Å²) in [7, 11) is 3.54. The van der Waals surface area contributed by atoms with Gasteiger partial charge in [-0.3, -0.25) is 9.69 Å². The third-order valence-electron chi connectivity index (χ3n) is 5.07. The molecule has 2 aliphatic rings. The molecule has 1 aromatic heterocycles. The largest absolute Gasteiger partial charge is 0.371 e. The summed E-state index contributed by atoms with van der Waals surface area (Å²) in [6, 6.07) is 0. The van der Waals surface area contributed by atoms with Gasteiger partial charge in [0.2, 0.25) is 5.91 Å². The number of fused-ring (bicyclic) bond motifs is 1. The second-order valence-corrected chi connectivity index (χ2v) is 7.81. The van der Waals surface area contributed by atoms with Gasteiger partial charge in [-0.2, -0.15) is 0 Å². The van der Waals surface area contributed by atoms with Crippen LogP contribution in [0.1, 0.15) is 24.3 Å². The Labute approximate surface area is 136 Å². The number of ether oxygens (including phenoxy) is 1. The standard InChI is InChI=1S/C16H25N3O2S/c1-18(2)15(20)10-21-12-16-5-3-4-13(16)8-19(11-16)9-14-17-6-7-22-14/h6-7,13H,3-5,8-12H2,1-2H3/t13-,16+/m0/s1. The van der Waals surface area contributed by atoms with Crippen molar-refractivity contribution >= 4 is 17.2 Å². The normalized spacial score (nSPS) is 28.0. The summed E-state index contributed by atoms with van der Waals surface area (Å²) in [6.07, 6.45) is 5.69. The van der Waals surface area contributed by atoms with Crippen molar-refractivity contribution in [1.29, 1.82) is 0 Å². The Balaban J connectivity index is 1.55. The van der Waals surface area contributed by atoms with Crippen LogP contribution in [0.4, 0.5) is 0 Å². The van der Waals surface area contributed by atoms with Gasteiger partial charge in [-0.15, -0.1) is 11.3 Å². The lowest BCUT2D eigenvalue weighted by molar-refractivity contribution is -0.135. The molecule has 2 atom stereocenters. The molecule has 1 saturated heterocycles. The van der Waals surface area contributed by atoms with Gasteiger partial charge in [0, 0.05) is 44.2 Å². The molecule has 0 radical (unpaired) electrons. The smallest absolute Gasteiger partial charge is 0.248 e. The van der Waals surface area contributed by atoms with Gasteiger partial charge in [0.25, 0.3) is 0 Å². The molecule has 0 bridgehead atoms. The fourth-order valence-electron chi connectivity index (χ4n) is 3.87. The van der Waals surface area contributed by atoms with Crippen LogP contribution in [-0.2, 0) is 16.1 Å². The number of carbonyl (C=O) groups is 1. The molecule has 1 saturated carbocycles. The average Bonchev–Trinajstić information content (AvgIpc) is 3.15. The highest BCUT2D eigenvalue weighted by Gasteiger charge is 2.49. The van der Waals surface area contributed by atoms with E-state index in [1.54, 1.807) is 30.3 Å². The molecule has 2 heterocycles. The summed E-state index contributed by atoms with van der Waals surface area (Å²) in [4.78, 5) is 20.2. The molecule has 6 heteroatoms. The molecule has 22 heavy (non-hydrogen) atoms. The summed E-state index contributed by atoms with van der Waals surface area (Å²) < 4.78 is 5.80. The van der Waals surface area contributed by atoms with E-state index in [9.17, 15) is 4.79 Å². The number of hydrogen-bond acceptors (Lipinski definition) is 5. The van der Waals surface area contributed by atoms with Crippen LogP contribution in [0.25, 0.3) is 0 Å². The van der Waals surface area contributed by atoms with Gasteiger partial charge in [0.15, 0.2) is 0 Å². The van der Waals surface area contributed by atoms with Crippen molar-refractivity contribution in [1.82, 2.24) is 14.8 Å². The van der Waals surface area contributed by atoms with E-state index in [1.807, 2.05) is 11.6 Å². The van der Waals surface area contributed by atoms with Crippen molar-refractivity contribution in [2.24, 2.45) is 11.3 Å². The third kappa shape index (κ3) is 3.34. The lowest BCUT2D eigenvalue weighted by Crippen LogP contribution is -2.34. The number of nitrogens with zero attached hydrogens (tertiary/aromatic N) is 3. The van der Waals surface area contributed by atoms with Crippen molar-refractivity contribution in [2.75, 3.05) is 40.4 Å². The van der Waals surface area contributed by atoms with Crippen LogP contribution in [0.15, 0.2) is 11.6 Å². The van der Waals surface area contributed by atoms with Crippen LogP contribution >= 0.6 is 11.3 Å². The van der Waals surface area contributed by atoms with E-state index >= 15 is 0 Å². The van der Waals surface area contributed by atoms with Crippen LogP contribution in [0.5, 0.6) is 0 Å². The molecule has 1 aliphatic heterocycles. The Morgan fingerprint density at radius 2 is 2.45 bits per heavy atom. The number of amides is 1. The van der Waals surface area contributed by atoms with Crippen molar-refractivity contribution < 1.29 is 9.53 Å². The molecule has 122 valence electrons. The minimum Gasteiger partial charge on any atom is -0.371 e. The number of rotatable bonds is 6. The predicted octanol–water partition coefficient (Wildman–Crippen LogP) is 1.85. The van der Waals surface area contributed by atoms with E-state index in [0.717, 1.165) is 19.6 Å². The van der Waals surface area contributed by atoms with Crippen molar-refractivity contribution in [3.05, 3.63) is 16.6 Å². The number of aromatic nitrogens is 1. The first-order valence-corrected chi connectivity index (χ1v) is 8.86. The summed E-state index contributed by atoms with van der Waals surface area (Å²) >= 11 is 1.73. The molecule has 0 unspecified atom stereocenters. The highest BCUT2D eigenvalue weighted by molar-refractivity contribution is 7.09. The van der Waals surface area contributed by atoms with E-state index in [-0.39, 0.29) is 17.9 Å². The van der Waals surface area contributed by atoms with Crippen molar-refractivity contribution in [3.8, 4) is 0 Å². The number of likely N-dealkylation sites (N-methyl/N-ethyl adjacent to an activating group) is 1. The minimum atomic E-state index is 0.0450. The molecule has 0 N–H and O–H groups in total. The zero-order valence-corrected chi connectivity index (χ0v) is 14.3. The maximum atomic E-state index is 11.7. The van der Waals surface area contributed by atoms with Crippen LogP contribution in [0.3, 0.4) is 0 Å². The maximum absolute atomic E-state index is 11.7. The van der Waals surface area contributed by atoms with Crippen LogP contribution in [0.2, 0.25) is 0 Å². The molecule has 0 aromatic carbocycles. The average molecular weight is 323 g/mol. The Kier molecular flexibility index (Phi) is 4.80. The SMILES string of the molecule is CN(C)C(=O)COC[C@]12CCC[C@H]1CN(Cc1nccs1)C2. The summed E-state index contributed by atoms with van der Waals surface area (Å²) in [5.41, 5.74) is 0.254. The van der Waals surface area contributed by atoms with E-state index in [1.165, 1.54) is 24.3 Å². The van der Waals surface area contributed by atoms with Crippen molar-refractivity contribution in [3.63, 3.8) is 0 Å². The van der Waals surface area contributed by atoms with E-state index in [0.29, 0.717) is 12.5 Å². The summed E-state index contributed by atoms with van der Waals surface area (Å²) in [5.74, 6) is 0.755. The zero-order valence-electron chi connectivity index (χ0n) is 13.5. The van der Waals surface area contributed by atoms with Crippen LogP contribution in [0, 0.1) is 11.3 Å². The number of likely N-dealkylation sites (tertiary alicyclic amines) is 1. The van der Waals surface area contributed by atoms with Gasteiger partial charge in [0.1, 0.15) is 11.6 Å². The van der Waals surface area contributed by atoms with Crippen molar-refractivity contribution in [2.45, 2.75) is 25.8 Å². The Hall–Kier alpha value is -0.980. The first-order valence-electron chi connectivity index (χ1n) is 7.98. The highest BCUT2D eigenvalue weighted by atomic mass is 32.1. The van der Waals surface area contributed by atoms with Gasteiger partial charge < -0.3 is 9.64 Å². The van der Waals surface area contributed by atoms with Gasteiger partial charge in [-0.05, 0) is 18.8 Å². The molecular weight excluding hydrogens is 298 g/mol. The second kappa shape index (κ2) is 6.64. The van der Waals surface area contributed by atoms with Crippen LogP contribution in [-0.4, -0.2) is 61.1 Å². The summed E-state index contributed by atoms with van der Waals surface area (Å²) in [6.45, 7) is 4.09. The monoisotopic (exact) mass is 323 g/mol. The Morgan fingerprint density at radius 1 is 1.59 bits per heavy atom. The van der Waals surface area contributed by atoms with Gasteiger partial charge in [-0.25, -0.2) is 4.98 Å². The zero-order chi connectivity index (χ0) is 15.6. The van der Waals surface area contributed by atoms with Crippen LogP contribution < -0.4 is 0 Å². The number of carbonyl (C=O) groups excluding carboxylic acids is 1. The molecular formula is C16H25N3O2S. The molecule has 5 nitrogen and oxygen atoms in total. The molecule has 1 amide bonds. The summed E-state index contributed by atoms with van der Waals surface area (Å²) in [5, 5.41) is 3.23. The molecule has 1 aliphatic carbocycles. The highest BCUT2D eigenvalue weighted by Crippen LogP contribution is 2.49. The number of hydrogen-bond donors (Lipinski definition) is 0. The molecule has 1 aromatic rings. The van der Waals surface area contributed by atoms with Gasteiger partial charge >= 0.3 is 0 Å².